The van der Waals surface area contributed by atoms with Gasteiger partial charge in [0.2, 0.25) is 41.4 Å². The predicted octanol–water partition coefficient (Wildman–Crippen LogP) is -6.89. The predicted molar refractivity (Wildman–Crippen MR) is 207 cm³/mol. The summed E-state index contributed by atoms with van der Waals surface area (Å²) in [7, 11) is 0. The van der Waals surface area contributed by atoms with Gasteiger partial charge in [0.25, 0.3) is 12.3 Å². The molecule has 26 nitrogen and oxygen atoms in total. The van der Waals surface area contributed by atoms with Crippen LogP contribution >= 0.6 is 12.3 Å². The molecular weight excluding hydrogens is 852 g/mol. The van der Waals surface area contributed by atoms with Crippen LogP contribution in [0.5, 0.6) is 11.5 Å². The first-order chi connectivity index (χ1) is 29.1. The van der Waals surface area contributed by atoms with E-state index in [0.29, 0.717) is 0 Å². The number of aliphatic hydroxyl groups excluding tert-OH is 6. The molecule has 62 heavy (non-hydrogen) atoms. The van der Waals surface area contributed by atoms with Gasteiger partial charge in [0.05, 0.1) is 49.1 Å². The zero-order valence-corrected chi connectivity index (χ0v) is 34.1. The Morgan fingerprint density at radius 1 is 0.871 bits per heavy atom. The van der Waals surface area contributed by atoms with E-state index in [4.69, 9.17) is 20.9 Å². The van der Waals surface area contributed by atoms with Crippen molar-refractivity contribution in [2.24, 2.45) is 17.4 Å². The summed E-state index contributed by atoms with van der Waals surface area (Å²) in [5.41, 5.74) is 11.4. The summed E-state index contributed by atoms with van der Waals surface area (Å²) >= 11 is 0.0692. The number of carbonyl (C=O) groups excluding carboxylic acids is 7. The first kappa shape index (κ1) is 49.7. The molecule has 7 amide bonds. The van der Waals surface area contributed by atoms with Crippen LogP contribution in [0, 0.1) is 5.92 Å². The van der Waals surface area contributed by atoms with E-state index in [9.17, 15) is 69.3 Å². The van der Waals surface area contributed by atoms with Gasteiger partial charge >= 0.3 is 0 Å². The molecule has 27 heteroatoms. The van der Waals surface area contributed by atoms with Gasteiger partial charge in [-0.2, -0.15) is 0 Å². The lowest BCUT2D eigenvalue weighted by Gasteiger charge is -2.33. The average Bonchev–Trinajstić information content (AvgIpc) is 3.74. The highest BCUT2D eigenvalue weighted by atomic mass is 32.2. The number of hydrogen-bond acceptors (Lipinski definition) is 20. The summed E-state index contributed by atoms with van der Waals surface area (Å²) in [6.45, 7) is 1.17. The summed E-state index contributed by atoms with van der Waals surface area (Å²) in [6.07, 6.45) is -12.7. The Morgan fingerprint density at radius 3 is 2.16 bits per heavy atom. The van der Waals surface area contributed by atoms with Crippen molar-refractivity contribution in [2.45, 2.75) is 112 Å². The Balaban J connectivity index is 1.81. The van der Waals surface area contributed by atoms with Crippen molar-refractivity contribution in [2.75, 3.05) is 19.6 Å². The Bertz CT molecular complexity index is 1810. The van der Waals surface area contributed by atoms with Crippen LogP contribution in [0.1, 0.15) is 38.7 Å². The topological polar surface area (TPSA) is 416 Å². The number of nitrogens with one attached hydrogen (secondary N) is 4. The van der Waals surface area contributed by atoms with Crippen molar-refractivity contribution in [1.82, 2.24) is 31.1 Å². The van der Waals surface area contributed by atoms with Crippen molar-refractivity contribution < 1.29 is 88.1 Å². The van der Waals surface area contributed by atoms with Crippen molar-refractivity contribution >= 4 is 53.7 Å². The second-order valence-electron chi connectivity index (χ2n) is 15.3. The monoisotopic (exact) mass is 904 g/mol. The Labute approximate surface area is 357 Å². The molecule has 13 atom stereocenters. The third-order valence-corrected chi connectivity index (χ3v) is 10.9. The molecule has 16 N–H and O–H groups in total. The van der Waals surface area contributed by atoms with Gasteiger partial charge in [0.1, 0.15) is 30.2 Å². The van der Waals surface area contributed by atoms with E-state index in [-0.39, 0.29) is 30.2 Å². The van der Waals surface area contributed by atoms with E-state index in [1.165, 1.54) is 13.0 Å². The van der Waals surface area contributed by atoms with E-state index < -0.39 is 165 Å². The number of aliphatic hydroxyl groups is 6. The molecule has 0 aromatic heterocycles. The highest BCUT2D eigenvalue weighted by Crippen LogP contribution is 2.31. The highest BCUT2D eigenvalue weighted by molar-refractivity contribution is 7.90. The Morgan fingerprint density at radius 2 is 1.52 bits per heavy atom. The first-order valence-electron chi connectivity index (χ1n) is 19.2. The third-order valence-electron chi connectivity index (χ3n) is 10.5. The lowest BCUT2D eigenvalue weighted by Crippen LogP contribution is -2.64. The van der Waals surface area contributed by atoms with Crippen LogP contribution < -0.4 is 36.9 Å². The molecule has 0 spiro atoms. The van der Waals surface area contributed by atoms with Crippen molar-refractivity contribution in [3.63, 3.8) is 0 Å². The molecule has 3 heterocycles. The van der Waals surface area contributed by atoms with E-state index in [2.05, 4.69) is 30.6 Å². The van der Waals surface area contributed by atoms with Crippen molar-refractivity contribution in [3.05, 3.63) is 23.8 Å². The molecule has 4 rings (SSSR count). The zero-order chi connectivity index (χ0) is 46.2. The number of phenolic OH excluding ortho intramolecular Hbond substituents is 1. The number of β-amino-alcohol motifs (C(OH)–C–C–N with tert-alkyl or cyclic N) is 1. The summed E-state index contributed by atoms with van der Waals surface area (Å²) < 4.78 is 9.19. The van der Waals surface area contributed by atoms with E-state index in [1.54, 1.807) is 0 Å². The van der Waals surface area contributed by atoms with Crippen LogP contribution in [0.4, 0.5) is 0 Å². The quantitative estimate of drug-likeness (QED) is 0.0425. The molecule has 1 aromatic carbocycles. The molecule has 346 valence electrons. The summed E-state index contributed by atoms with van der Waals surface area (Å²) in [5, 5.41) is 96.9. The van der Waals surface area contributed by atoms with Gasteiger partial charge in [0.15, 0.2) is 11.5 Å². The summed E-state index contributed by atoms with van der Waals surface area (Å²) in [4.78, 5) is 96.9. The van der Waals surface area contributed by atoms with Gasteiger partial charge in [-0.3, -0.25) is 33.6 Å². The highest BCUT2D eigenvalue weighted by Gasteiger charge is 2.49. The van der Waals surface area contributed by atoms with E-state index in [0.717, 1.165) is 28.9 Å². The summed E-state index contributed by atoms with van der Waals surface area (Å²) in [6, 6.07) is -7.43. The van der Waals surface area contributed by atoms with Crippen LogP contribution in [0.25, 0.3) is 0 Å². The molecular formula is C35H52N8O18S. The van der Waals surface area contributed by atoms with Crippen LogP contribution in [0.3, 0.4) is 0 Å². The van der Waals surface area contributed by atoms with Crippen LogP contribution in [-0.4, -0.2) is 185 Å². The Kier molecular flexibility index (Phi) is 17.6. The van der Waals surface area contributed by atoms with Crippen LogP contribution in [0.2, 0.25) is 0 Å². The number of amides is 7. The van der Waals surface area contributed by atoms with Crippen LogP contribution in [0.15, 0.2) is 18.2 Å². The molecule has 0 unspecified atom stereocenters. The second-order valence-corrected chi connectivity index (χ2v) is 15.8. The lowest BCUT2D eigenvalue weighted by molar-refractivity contribution is -0.433. The molecule has 0 aliphatic carbocycles. The molecule has 0 bridgehead atoms. The number of carbonyl (C=O) groups is 7. The van der Waals surface area contributed by atoms with E-state index >= 15 is 0 Å². The standard InChI is InChI=1S/C35H52N8O18S/c1-13-11-43-28(29(13)51)33(55)38-10-16(45)7-18(36)30(52)39-25(14(2)44)34(56)42-12-17(46)8-19(42)31(53)40-26(32(54)41-27(35(43)57)22(49)9-24(37)50)21(48)5-15-3-4-20(47)23(6-15)59-62-61-60-58/h3-4,6,13-14,16-19,21-22,25-29,44-49,51,58H,5,7-12,36H2,1-2H3,(H2,37,50)(H,38,55)(H,39,52)(H,40,53)(H,41,54)/t13-,14+,16+,17+,18-,19-,21+,22+,25-,26-,27-,28-,29-/m0/s1. The smallest absolute Gasteiger partial charge is 0.261 e. The number of benzene rings is 1. The third kappa shape index (κ3) is 12.4. The molecule has 0 radical (unpaired) electrons. The normalized spacial score (nSPS) is 31.1. The molecule has 3 aliphatic rings. The molecule has 0 saturated carbocycles. The maximum Gasteiger partial charge on any atom is 0.261 e. The SMILES string of the molecule is C[C@@H](O)[C@@H]1NC(=O)[C@@H](N)C[C@@H](O)CNC(=O)[C@@H]2[C@@H](O)[C@@H](C)CN2C(=O)[C@H]([C@H](O)CC(N)=O)NC(=O)[C@H]([C@H](O)Cc2ccc(O)c(OSOOO)c2)NC(=O)[C@@H]2C[C@@H](O)CN2C1=O. The number of phenols is 1. The molecule has 3 aliphatic heterocycles. The summed E-state index contributed by atoms with van der Waals surface area (Å²) in [5.74, 6) is -9.67. The van der Waals surface area contributed by atoms with Crippen molar-refractivity contribution in [1.29, 1.82) is 0 Å². The minimum absolute atomic E-state index is 0.0692. The molecule has 3 fully saturated rings. The number of nitrogens with zero attached hydrogens (tertiary/aromatic N) is 2. The maximum atomic E-state index is 14.3. The number of fused-ring (bicyclic) bond motifs is 2. The molecule has 1 aromatic rings. The van der Waals surface area contributed by atoms with Gasteiger partial charge < -0.3 is 82.5 Å². The first-order valence-corrected chi connectivity index (χ1v) is 19.9. The van der Waals surface area contributed by atoms with Gasteiger partial charge in [0, 0.05) is 38.4 Å². The van der Waals surface area contributed by atoms with Crippen molar-refractivity contribution in [3.8, 4) is 11.5 Å². The van der Waals surface area contributed by atoms with Gasteiger partial charge in [-0.25, -0.2) is 5.26 Å². The fourth-order valence-corrected chi connectivity index (χ4v) is 7.58. The minimum atomic E-state index is -2.15. The maximum absolute atomic E-state index is 14.3. The van der Waals surface area contributed by atoms with Gasteiger partial charge in [-0.05, 0) is 31.0 Å². The molecule has 3 saturated heterocycles. The van der Waals surface area contributed by atoms with E-state index in [1.807, 2.05) is 0 Å². The lowest BCUT2D eigenvalue weighted by atomic mass is 9.98. The average molecular weight is 905 g/mol. The number of aromatic hydroxyl groups is 1. The Hall–Kier alpha value is -4.94. The minimum Gasteiger partial charge on any atom is -0.504 e. The van der Waals surface area contributed by atoms with Gasteiger partial charge in [-0.1, -0.05) is 22.4 Å². The fourth-order valence-electron chi connectivity index (χ4n) is 7.32. The second kappa shape index (κ2) is 21.9. The van der Waals surface area contributed by atoms with Gasteiger partial charge in [-0.15, -0.1) is 0 Å². The largest absolute Gasteiger partial charge is 0.504 e. The number of primary amides is 1. The number of hydrogen-bond donors (Lipinski definition) is 14. The van der Waals surface area contributed by atoms with Crippen LogP contribution in [-0.2, 0) is 49.4 Å². The number of rotatable bonds is 11. The fraction of sp³-hybridized carbons (Fsp3) is 0.629. The zero-order valence-electron chi connectivity index (χ0n) is 33.3. The number of nitrogens with two attached hydrogens (primary N) is 2.